The second-order valence-electron chi connectivity index (χ2n) is 9.19. The van der Waals surface area contributed by atoms with Crippen LogP contribution < -0.4 is 25.5 Å². The van der Waals surface area contributed by atoms with Crippen LogP contribution in [0.3, 0.4) is 0 Å². The van der Waals surface area contributed by atoms with Gasteiger partial charge in [0.1, 0.15) is 18.1 Å². The van der Waals surface area contributed by atoms with Crippen molar-refractivity contribution in [3.63, 3.8) is 0 Å². The van der Waals surface area contributed by atoms with E-state index in [1.54, 1.807) is 68.4 Å². The van der Waals surface area contributed by atoms with Crippen molar-refractivity contribution in [1.29, 1.82) is 5.26 Å². The number of amides is 1. The summed E-state index contributed by atoms with van der Waals surface area (Å²) in [7, 11) is 0. The maximum absolute atomic E-state index is 12.7. The number of carbonyl (C=O) groups is 2. The van der Waals surface area contributed by atoms with Gasteiger partial charge in [-0.15, -0.1) is 0 Å². The minimum absolute atomic E-state index is 0.214. The van der Waals surface area contributed by atoms with Crippen LogP contribution in [-0.4, -0.2) is 36.4 Å². The molecule has 12 heteroatoms. The number of carbonyl (C=O) groups excluding carboxylic acids is 2. The van der Waals surface area contributed by atoms with Crippen LogP contribution in [0.2, 0.25) is 5.02 Å². The number of hydrogen-bond acceptors (Lipinski definition) is 8. The lowest BCUT2D eigenvalue weighted by molar-refractivity contribution is -0.139. The van der Waals surface area contributed by atoms with Crippen molar-refractivity contribution in [2.45, 2.75) is 26.5 Å². The number of allylic oxidation sites excluding steroid dienone is 1. The van der Waals surface area contributed by atoms with Gasteiger partial charge < -0.3 is 24.8 Å². The highest BCUT2D eigenvalue weighted by Gasteiger charge is 2.32. The quantitative estimate of drug-likeness (QED) is 0.121. The Morgan fingerprint density at radius 1 is 1.12 bits per heavy atom. The number of para-hydroxylation sites is 1. The summed E-state index contributed by atoms with van der Waals surface area (Å²) in [5.41, 5.74) is 5.96. The number of rotatable bonds is 11. The predicted octanol–water partition coefficient (Wildman–Crippen LogP) is 4.68. The molecule has 3 N–H and O–H groups in total. The molecule has 0 fully saturated rings. The first-order chi connectivity index (χ1) is 20.8. The summed E-state index contributed by atoms with van der Waals surface area (Å²) in [6.07, 6.45) is 1.42. The van der Waals surface area contributed by atoms with Gasteiger partial charge in [-0.1, -0.05) is 41.9 Å². The molecule has 0 radical (unpaired) electrons. The molecule has 43 heavy (non-hydrogen) atoms. The molecule has 0 aliphatic carbocycles. The van der Waals surface area contributed by atoms with E-state index in [1.807, 2.05) is 12.1 Å². The molecule has 1 amide bonds. The van der Waals surface area contributed by atoms with E-state index in [2.05, 4.69) is 27.2 Å². The monoisotopic (exact) mass is 617 g/mol. The van der Waals surface area contributed by atoms with Crippen LogP contribution in [0.5, 0.6) is 11.5 Å². The van der Waals surface area contributed by atoms with E-state index in [0.29, 0.717) is 49.6 Å². The first kappa shape index (κ1) is 31.0. The topological polar surface area (TPSA) is 134 Å². The van der Waals surface area contributed by atoms with E-state index in [0.717, 1.165) is 5.56 Å². The van der Waals surface area contributed by atoms with Crippen LogP contribution in [0.15, 0.2) is 83.1 Å². The van der Waals surface area contributed by atoms with Gasteiger partial charge in [0.2, 0.25) is 0 Å². The zero-order valence-electron chi connectivity index (χ0n) is 23.3. The largest absolute Gasteiger partial charge is 0.488 e. The average Bonchev–Trinajstić information content (AvgIpc) is 2.99. The molecule has 1 aliphatic rings. The Bertz CT molecular complexity index is 1620. The van der Waals surface area contributed by atoms with Gasteiger partial charge >= 0.3 is 5.97 Å². The Morgan fingerprint density at radius 3 is 2.63 bits per heavy atom. The lowest BCUT2D eigenvalue weighted by Crippen LogP contribution is -2.45. The highest BCUT2D eigenvalue weighted by molar-refractivity contribution is 7.80. The Morgan fingerprint density at radius 2 is 1.88 bits per heavy atom. The highest BCUT2D eigenvalue weighted by atomic mass is 35.5. The van der Waals surface area contributed by atoms with Gasteiger partial charge in [-0.25, -0.2) is 10.2 Å². The number of thiocarbonyl (C=S) groups is 1. The number of hydrazone groups is 1. The molecule has 0 saturated carbocycles. The Hall–Kier alpha value is -4.92. The maximum Gasteiger partial charge on any atom is 0.338 e. The van der Waals surface area contributed by atoms with Crippen LogP contribution >= 0.6 is 23.8 Å². The molecule has 220 valence electrons. The third-order valence-electron chi connectivity index (χ3n) is 6.20. The van der Waals surface area contributed by atoms with E-state index in [4.69, 9.17) is 43.3 Å². The zero-order chi connectivity index (χ0) is 30.8. The number of halogens is 1. The predicted molar refractivity (Wildman–Crippen MR) is 166 cm³/mol. The van der Waals surface area contributed by atoms with Crippen LogP contribution in [0.4, 0.5) is 0 Å². The zero-order valence-corrected chi connectivity index (χ0v) is 24.9. The fourth-order valence-corrected chi connectivity index (χ4v) is 4.65. The van der Waals surface area contributed by atoms with Crippen molar-refractivity contribution >= 4 is 47.0 Å². The summed E-state index contributed by atoms with van der Waals surface area (Å²) in [5.74, 6) is -0.119. The molecule has 3 aromatic carbocycles. The molecule has 1 atom stereocenters. The molecule has 0 spiro atoms. The first-order valence-corrected chi connectivity index (χ1v) is 14.0. The van der Waals surface area contributed by atoms with Gasteiger partial charge in [-0.2, -0.15) is 10.4 Å². The minimum Gasteiger partial charge on any atom is -0.488 e. The minimum atomic E-state index is -0.643. The summed E-state index contributed by atoms with van der Waals surface area (Å²) < 4.78 is 17.0. The van der Waals surface area contributed by atoms with E-state index in [-0.39, 0.29) is 19.8 Å². The molecule has 0 saturated heterocycles. The van der Waals surface area contributed by atoms with E-state index >= 15 is 0 Å². The van der Waals surface area contributed by atoms with Gasteiger partial charge in [0.15, 0.2) is 11.7 Å². The molecule has 0 unspecified atom stereocenters. The number of nitrogens with one attached hydrogen (secondary N) is 3. The number of nitrogens with zero attached hydrogens (tertiary/aromatic N) is 2. The normalized spacial score (nSPS) is 14.4. The molecule has 1 aliphatic heterocycles. The molecule has 10 nitrogen and oxygen atoms in total. The fraction of sp³-hybridized carbons (Fsp3) is 0.194. The van der Waals surface area contributed by atoms with Crippen LogP contribution in [0.1, 0.15) is 42.1 Å². The number of benzene rings is 3. The maximum atomic E-state index is 12.7. The third-order valence-corrected chi connectivity index (χ3v) is 6.65. The van der Waals surface area contributed by atoms with Gasteiger partial charge in [-0.05, 0) is 68.0 Å². The molecule has 1 heterocycles. The standard InChI is InChI=1S/C31H28ClN5O5S/c1-3-40-30(39)28-19(2)35-31(43)36-29(28)24-6-4-5-7-26(24)42-18-27(38)37-34-16-22-14-23(32)12-13-25(22)41-17-21-10-8-20(15-33)9-11-21/h4-14,16,29H,3,17-18H2,1-2H3,(H,37,38)(H2,35,36,43)/t29-/m1/s1. The van der Waals surface area contributed by atoms with Crippen molar-refractivity contribution in [3.05, 3.63) is 105 Å². The second-order valence-corrected chi connectivity index (χ2v) is 10.0. The Kier molecular flexibility index (Phi) is 10.7. The molecule has 0 aromatic heterocycles. The lowest BCUT2D eigenvalue weighted by atomic mass is 9.95. The van der Waals surface area contributed by atoms with Gasteiger partial charge in [-0.3, -0.25) is 4.79 Å². The summed E-state index contributed by atoms with van der Waals surface area (Å²) in [6.45, 7) is 3.60. The van der Waals surface area contributed by atoms with E-state index in [1.165, 1.54) is 6.21 Å². The summed E-state index contributed by atoms with van der Waals surface area (Å²) >= 11 is 11.5. The Labute approximate surface area is 259 Å². The second kappa shape index (κ2) is 14.8. The fourth-order valence-electron chi connectivity index (χ4n) is 4.19. The van der Waals surface area contributed by atoms with Crippen molar-refractivity contribution in [3.8, 4) is 17.6 Å². The van der Waals surface area contributed by atoms with Gasteiger partial charge in [0, 0.05) is 21.8 Å². The number of esters is 1. The first-order valence-electron chi connectivity index (χ1n) is 13.2. The van der Waals surface area contributed by atoms with E-state index in [9.17, 15) is 9.59 Å². The molecular weight excluding hydrogens is 590 g/mol. The van der Waals surface area contributed by atoms with Crippen molar-refractivity contribution in [2.75, 3.05) is 13.2 Å². The number of ether oxygens (including phenoxy) is 3. The summed E-state index contributed by atoms with van der Waals surface area (Å²) in [5, 5.41) is 19.9. The van der Waals surface area contributed by atoms with Gasteiger partial charge in [0.25, 0.3) is 5.91 Å². The van der Waals surface area contributed by atoms with Crippen molar-refractivity contribution in [1.82, 2.24) is 16.1 Å². The third kappa shape index (κ3) is 8.31. The smallest absolute Gasteiger partial charge is 0.338 e. The Balaban J connectivity index is 1.40. The number of nitriles is 1. The lowest BCUT2D eigenvalue weighted by Gasteiger charge is -2.30. The molecule has 0 bridgehead atoms. The van der Waals surface area contributed by atoms with Crippen LogP contribution in [-0.2, 0) is 20.9 Å². The van der Waals surface area contributed by atoms with Crippen molar-refractivity contribution in [2.24, 2.45) is 5.10 Å². The van der Waals surface area contributed by atoms with Crippen LogP contribution in [0, 0.1) is 11.3 Å². The van der Waals surface area contributed by atoms with Crippen molar-refractivity contribution < 1.29 is 23.8 Å². The van der Waals surface area contributed by atoms with Gasteiger partial charge in [0.05, 0.1) is 36.1 Å². The van der Waals surface area contributed by atoms with E-state index < -0.39 is 17.9 Å². The highest BCUT2D eigenvalue weighted by Crippen LogP contribution is 2.33. The van der Waals surface area contributed by atoms with Crippen LogP contribution in [0.25, 0.3) is 0 Å². The molecule has 4 rings (SSSR count). The molecular formula is C31H28ClN5O5S. The SMILES string of the molecule is CCOC(=O)C1=C(C)NC(=S)N[C@@H]1c1ccccc1OCC(=O)NN=Cc1cc(Cl)ccc1OCc1ccc(C#N)cc1. The molecule has 3 aromatic rings. The number of hydrogen-bond donors (Lipinski definition) is 3. The summed E-state index contributed by atoms with van der Waals surface area (Å²) in [6, 6.07) is 20.6. The summed E-state index contributed by atoms with van der Waals surface area (Å²) in [4.78, 5) is 25.4. The average molecular weight is 618 g/mol.